The highest BCUT2D eigenvalue weighted by Gasteiger charge is 2.39. The summed E-state index contributed by atoms with van der Waals surface area (Å²) in [4.78, 5) is 37.5. The van der Waals surface area contributed by atoms with Gasteiger partial charge in [-0.05, 0) is 43.5 Å². The second-order valence-electron chi connectivity index (χ2n) is 7.95. The molecule has 1 aromatic carbocycles. The van der Waals surface area contributed by atoms with Crippen molar-refractivity contribution < 1.29 is 28.4 Å². The molecular weight excluding hydrogens is 404 g/mol. The Morgan fingerprint density at radius 3 is 2.35 bits per heavy atom. The van der Waals surface area contributed by atoms with E-state index in [4.69, 9.17) is 13.9 Å². The number of anilines is 1. The van der Waals surface area contributed by atoms with Gasteiger partial charge in [-0.2, -0.15) is 0 Å². The number of esters is 2. The summed E-state index contributed by atoms with van der Waals surface area (Å²) in [5, 5.41) is 11.7. The second kappa shape index (κ2) is 7.90. The van der Waals surface area contributed by atoms with E-state index in [-0.39, 0.29) is 17.0 Å². The fourth-order valence-corrected chi connectivity index (χ4v) is 3.73. The number of hydrogen-bond acceptors (Lipinski definition) is 8. The molecule has 31 heavy (non-hydrogen) atoms. The number of nitro benzene ring substituents is 1. The Balaban J connectivity index is 1.62. The Morgan fingerprint density at radius 2 is 1.71 bits per heavy atom. The number of rotatable bonds is 4. The molecule has 0 N–H and O–H groups in total. The molecule has 9 nitrogen and oxygen atoms in total. The van der Waals surface area contributed by atoms with Crippen molar-refractivity contribution >= 4 is 29.4 Å². The van der Waals surface area contributed by atoms with Crippen molar-refractivity contribution in [1.29, 1.82) is 0 Å². The first-order chi connectivity index (χ1) is 14.7. The van der Waals surface area contributed by atoms with E-state index >= 15 is 0 Å². The smallest absolute Gasteiger partial charge is 0.348 e. The van der Waals surface area contributed by atoms with Crippen LogP contribution in [0.4, 0.5) is 11.4 Å². The van der Waals surface area contributed by atoms with Gasteiger partial charge in [0.05, 0.1) is 4.92 Å². The molecule has 162 valence electrons. The summed E-state index contributed by atoms with van der Waals surface area (Å²) in [5.74, 6) is -2.34. The maximum atomic E-state index is 12.1. The van der Waals surface area contributed by atoms with Crippen LogP contribution in [0.5, 0.6) is 0 Å². The summed E-state index contributed by atoms with van der Waals surface area (Å²) in [6.07, 6.45) is 4.39. The zero-order chi connectivity index (χ0) is 22.2. The third-order valence-corrected chi connectivity index (χ3v) is 5.18. The van der Waals surface area contributed by atoms with Crippen LogP contribution in [0.25, 0.3) is 17.4 Å². The average Bonchev–Trinajstić information content (AvgIpc) is 3.19. The van der Waals surface area contributed by atoms with Gasteiger partial charge >= 0.3 is 11.9 Å². The lowest BCUT2D eigenvalue weighted by molar-refractivity contribution is -0.384. The first kappa shape index (κ1) is 20.6. The summed E-state index contributed by atoms with van der Waals surface area (Å²) in [6.45, 7) is 4.51. The molecule has 1 aromatic heterocycles. The predicted molar refractivity (Wildman–Crippen MR) is 111 cm³/mol. The summed E-state index contributed by atoms with van der Waals surface area (Å²) >= 11 is 0. The first-order valence-corrected chi connectivity index (χ1v) is 10.1. The van der Waals surface area contributed by atoms with Crippen LogP contribution in [0.15, 0.2) is 40.3 Å². The van der Waals surface area contributed by atoms with Crippen LogP contribution in [-0.2, 0) is 19.1 Å². The van der Waals surface area contributed by atoms with Crippen LogP contribution >= 0.6 is 0 Å². The fourth-order valence-electron chi connectivity index (χ4n) is 3.73. The topological polar surface area (TPSA) is 112 Å². The fraction of sp³-hybridized carbons (Fsp3) is 0.364. The summed E-state index contributed by atoms with van der Waals surface area (Å²) in [7, 11) is 0. The minimum Gasteiger partial charge on any atom is -0.457 e. The number of nitro groups is 1. The predicted octanol–water partition coefficient (Wildman–Crippen LogP) is 4.06. The normalized spacial score (nSPS) is 18.4. The Labute approximate surface area is 178 Å². The summed E-state index contributed by atoms with van der Waals surface area (Å²) < 4.78 is 15.8. The molecule has 9 heteroatoms. The van der Waals surface area contributed by atoms with Gasteiger partial charge in [0.25, 0.3) is 11.5 Å². The van der Waals surface area contributed by atoms with Crippen LogP contribution < -0.4 is 4.90 Å². The van der Waals surface area contributed by atoms with Crippen molar-refractivity contribution in [2.24, 2.45) is 0 Å². The number of cyclic esters (lactones) is 2. The van der Waals surface area contributed by atoms with Crippen LogP contribution in [0, 0.1) is 10.1 Å². The van der Waals surface area contributed by atoms with Crippen LogP contribution in [0.3, 0.4) is 0 Å². The van der Waals surface area contributed by atoms with Gasteiger partial charge < -0.3 is 18.8 Å². The lowest BCUT2D eigenvalue weighted by Gasteiger charge is -2.29. The number of piperidine rings is 1. The molecular formula is C22H22N2O7. The zero-order valence-electron chi connectivity index (χ0n) is 17.3. The third kappa shape index (κ3) is 4.30. The summed E-state index contributed by atoms with van der Waals surface area (Å²) in [5.41, 5.74) is 0.841. The second-order valence-corrected chi connectivity index (χ2v) is 7.95. The van der Waals surface area contributed by atoms with Gasteiger partial charge in [-0.25, -0.2) is 9.59 Å². The standard InChI is InChI=1S/C22H22N2O7/c1-22(2)30-20(25)16(21(26)31-22)13-15-7-9-19(29-15)14-6-8-17(18(12-14)24(27)28)23-10-4-3-5-11-23/h6-9,12-13H,3-5,10-11H2,1-2H3. The molecule has 0 radical (unpaired) electrons. The largest absolute Gasteiger partial charge is 0.457 e. The molecule has 0 amide bonds. The number of furan rings is 1. The molecule has 0 spiro atoms. The molecule has 2 aromatic rings. The van der Waals surface area contributed by atoms with E-state index in [0.717, 1.165) is 32.4 Å². The zero-order valence-corrected chi connectivity index (χ0v) is 17.3. The Morgan fingerprint density at radius 1 is 1.03 bits per heavy atom. The monoisotopic (exact) mass is 426 g/mol. The maximum Gasteiger partial charge on any atom is 0.348 e. The number of carbonyl (C=O) groups excluding carboxylic acids is 2. The van der Waals surface area contributed by atoms with Crippen LogP contribution in [0.2, 0.25) is 0 Å². The van der Waals surface area contributed by atoms with Crippen molar-refractivity contribution in [3.8, 4) is 11.3 Å². The van der Waals surface area contributed by atoms with E-state index in [9.17, 15) is 19.7 Å². The number of hydrogen-bond donors (Lipinski definition) is 0. The van der Waals surface area contributed by atoms with Gasteiger partial charge in [-0.1, -0.05) is 0 Å². The van der Waals surface area contributed by atoms with Crippen LogP contribution in [-0.4, -0.2) is 35.7 Å². The van der Waals surface area contributed by atoms with E-state index in [2.05, 4.69) is 0 Å². The molecule has 0 aliphatic carbocycles. The Kier molecular flexibility index (Phi) is 5.26. The van der Waals surface area contributed by atoms with Gasteiger partial charge in [0.1, 0.15) is 22.8 Å². The molecule has 2 saturated heterocycles. The van der Waals surface area contributed by atoms with E-state index in [0.29, 0.717) is 17.0 Å². The first-order valence-electron chi connectivity index (χ1n) is 10.1. The van der Waals surface area contributed by atoms with E-state index in [1.54, 1.807) is 24.3 Å². The lowest BCUT2D eigenvalue weighted by atomic mass is 10.1. The SMILES string of the molecule is CC1(C)OC(=O)C(=Cc2ccc(-c3ccc(N4CCCCC4)c([N+](=O)[O-])c3)o2)C(=O)O1. The van der Waals surface area contributed by atoms with Crippen molar-refractivity contribution in [3.63, 3.8) is 0 Å². The molecule has 2 fully saturated rings. The van der Waals surface area contributed by atoms with Crippen molar-refractivity contribution in [1.82, 2.24) is 0 Å². The van der Waals surface area contributed by atoms with Gasteiger partial charge in [-0.3, -0.25) is 10.1 Å². The number of nitrogens with zero attached hydrogens (tertiary/aromatic N) is 2. The van der Waals surface area contributed by atoms with Gasteiger partial charge in [0.2, 0.25) is 0 Å². The van der Waals surface area contributed by atoms with Gasteiger partial charge in [0.15, 0.2) is 0 Å². The van der Waals surface area contributed by atoms with E-state index in [1.807, 2.05) is 4.90 Å². The highest BCUT2D eigenvalue weighted by molar-refractivity contribution is 6.18. The number of ether oxygens (including phenoxy) is 2. The van der Waals surface area contributed by atoms with E-state index < -0.39 is 22.6 Å². The third-order valence-electron chi connectivity index (χ3n) is 5.18. The Hall–Kier alpha value is -3.62. The number of carbonyl (C=O) groups is 2. The highest BCUT2D eigenvalue weighted by atomic mass is 16.7. The van der Waals surface area contributed by atoms with Gasteiger partial charge in [0, 0.05) is 44.6 Å². The quantitative estimate of drug-likeness (QED) is 0.236. The molecule has 2 aliphatic rings. The summed E-state index contributed by atoms with van der Waals surface area (Å²) in [6, 6.07) is 8.16. The van der Waals surface area contributed by atoms with Crippen molar-refractivity contribution in [3.05, 3.63) is 51.8 Å². The molecule has 2 aliphatic heterocycles. The van der Waals surface area contributed by atoms with Crippen molar-refractivity contribution in [2.75, 3.05) is 18.0 Å². The molecule has 4 rings (SSSR count). The Bertz CT molecular complexity index is 1060. The molecule has 0 bridgehead atoms. The van der Waals surface area contributed by atoms with E-state index in [1.165, 1.54) is 26.0 Å². The maximum absolute atomic E-state index is 12.1. The number of benzene rings is 1. The minimum absolute atomic E-state index is 0.0115. The minimum atomic E-state index is -1.32. The van der Waals surface area contributed by atoms with Gasteiger partial charge in [-0.15, -0.1) is 0 Å². The molecule has 0 atom stereocenters. The lowest BCUT2D eigenvalue weighted by Crippen LogP contribution is -2.41. The molecule has 0 saturated carbocycles. The molecule has 0 unspecified atom stereocenters. The van der Waals surface area contributed by atoms with Crippen LogP contribution in [0.1, 0.15) is 38.9 Å². The van der Waals surface area contributed by atoms with Crippen molar-refractivity contribution in [2.45, 2.75) is 38.9 Å². The average molecular weight is 426 g/mol. The molecule has 3 heterocycles. The highest BCUT2D eigenvalue weighted by Crippen LogP contribution is 2.35.